The molecule has 1 aliphatic heterocycles. The SMILES string of the molecule is COc1ccc(NC(=O)[C@@H](c2ccccc2)N2CCC(O)CC2)cc1Cl. The highest BCUT2D eigenvalue weighted by atomic mass is 35.5. The van der Waals surface area contributed by atoms with E-state index in [1.165, 1.54) is 0 Å². The number of rotatable bonds is 5. The van der Waals surface area contributed by atoms with Gasteiger partial charge in [0.15, 0.2) is 0 Å². The monoisotopic (exact) mass is 374 g/mol. The molecule has 6 heteroatoms. The first-order valence-electron chi connectivity index (χ1n) is 8.70. The molecule has 0 aromatic heterocycles. The second kappa shape index (κ2) is 8.54. The number of carbonyl (C=O) groups is 1. The topological polar surface area (TPSA) is 61.8 Å². The van der Waals surface area contributed by atoms with Crippen LogP contribution in [0.5, 0.6) is 5.75 Å². The van der Waals surface area contributed by atoms with Crippen molar-refractivity contribution in [3.63, 3.8) is 0 Å². The molecule has 1 aliphatic rings. The predicted octanol–water partition coefficient (Wildman–Crippen LogP) is 3.49. The number of piperidine rings is 1. The van der Waals surface area contributed by atoms with E-state index < -0.39 is 6.04 Å². The summed E-state index contributed by atoms with van der Waals surface area (Å²) in [6.45, 7) is 1.36. The Bertz CT molecular complexity index is 746. The fourth-order valence-electron chi connectivity index (χ4n) is 3.26. The molecule has 5 nitrogen and oxygen atoms in total. The molecule has 2 aromatic rings. The highest BCUT2D eigenvalue weighted by Crippen LogP contribution is 2.30. The Morgan fingerprint density at radius 3 is 2.54 bits per heavy atom. The fraction of sp³-hybridized carbons (Fsp3) is 0.350. The van der Waals surface area contributed by atoms with E-state index >= 15 is 0 Å². The van der Waals surface area contributed by atoms with Gasteiger partial charge in [0, 0.05) is 18.8 Å². The molecule has 0 unspecified atom stereocenters. The minimum Gasteiger partial charge on any atom is -0.495 e. The lowest BCUT2D eigenvalue weighted by Gasteiger charge is -2.35. The number of likely N-dealkylation sites (tertiary alicyclic amines) is 1. The fourth-order valence-corrected chi connectivity index (χ4v) is 3.52. The number of anilines is 1. The summed E-state index contributed by atoms with van der Waals surface area (Å²) < 4.78 is 5.15. The van der Waals surface area contributed by atoms with Gasteiger partial charge in [-0.1, -0.05) is 41.9 Å². The second-order valence-corrected chi connectivity index (χ2v) is 6.83. The number of halogens is 1. The smallest absolute Gasteiger partial charge is 0.246 e. The number of ether oxygens (including phenoxy) is 1. The molecule has 3 rings (SSSR count). The lowest BCUT2D eigenvalue weighted by atomic mass is 9.99. The van der Waals surface area contributed by atoms with E-state index in [0.717, 1.165) is 5.56 Å². The zero-order chi connectivity index (χ0) is 18.5. The number of methoxy groups -OCH3 is 1. The van der Waals surface area contributed by atoms with Crippen LogP contribution in [0.25, 0.3) is 0 Å². The maximum Gasteiger partial charge on any atom is 0.246 e. The molecule has 2 N–H and O–H groups in total. The maximum atomic E-state index is 13.1. The van der Waals surface area contributed by atoms with Crippen molar-refractivity contribution in [3.05, 3.63) is 59.1 Å². The summed E-state index contributed by atoms with van der Waals surface area (Å²) in [6.07, 6.45) is 1.06. The molecule has 1 heterocycles. The summed E-state index contributed by atoms with van der Waals surface area (Å²) >= 11 is 6.16. The van der Waals surface area contributed by atoms with Gasteiger partial charge in [0.2, 0.25) is 5.91 Å². The molecular formula is C20H23ClN2O3. The van der Waals surface area contributed by atoms with Crippen LogP contribution in [0.1, 0.15) is 24.4 Å². The Kier molecular flexibility index (Phi) is 6.14. The van der Waals surface area contributed by atoms with Crippen LogP contribution in [0, 0.1) is 0 Å². The van der Waals surface area contributed by atoms with Gasteiger partial charge in [-0.05, 0) is 36.6 Å². The average molecular weight is 375 g/mol. The molecule has 26 heavy (non-hydrogen) atoms. The van der Waals surface area contributed by atoms with Gasteiger partial charge in [-0.2, -0.15) is 0 Å². The molecule has 1 fully saturated rings. The average Bonchev–Trinajstić information content (AvgIpc) is 2.65. The van der Waals surface area contributed by atoms with Crippen LogP contribution in [-0.2, 0) is 4.79 Å². The largest absolute Gasteiger partial charge is 0.495 e. The van der Waals surface area contributed by atoms with Crippen molar-refractivity contribution in [1.82, 2.24) is 4.90 Å². The first kappa shape index (κ1) is 18.7. The number of hydrogen-bond acceptors (Lipinski definition) is 4. The number of amides is 1. The van der Waals surface area contributed by atoms with Gasteiger partial charge in [-0.3, -0.25) is 9.69 Å². The first-order valence-corrected chi connectivity index (χ1v) is 9.07. The van der Waals surface area contributed by atoms with Crippen LogP contribution in [0.2, 0.25) is 5.02 Å². The third kappa shape index (κ3) is 4.36. The molecule has 0 saturated carbocycles. The predicted molar refractivity (Wildman–Crippen MR) is 103 cm³/mol. The summed E-state index contributed by atoms with van der Waals surface area (Å²) in [6, 6.07) is 14.5. The molecule has 1 saturated heterocycles. The van der Waals surface area contributed by atoms with E-state index in [9.17, 15) is 9.90 Å². The van der Waals surface area contributed by atoms with E-state index in [-0.39, 0.29) is 12.0 Å². The minimum absolute atomic E-state index is 0.117. The van der Waals surface area contributed by atoms with Gasteiger partial charge in [0.1, 0.15) is 11.8 Å². The highest BCUT2D eigenvalue weighted by molar-refractivity contribution is 6.32. The van der Waals surface area contributed by atoms with Crippen molar-refractivity contribution in [2.24, 2.45) is 0 Å². The van der Waals surface area contributed by atoms with Crippen LogP contribution < -0.4 is 10.1 Å². The molecular weight excluding hydrogens is 352 g/mol. The van der Waals surface area contributed by atoms with Crippen LogP contribution in [-0.4, -0.2) is 42.2 Å². The normalized spacial score (nSPS) is 16.9. The molecule has 0 bridgehead atoms. The van der Waals surface area contributed by atoms with Crippen molar-refractivity contribution in [2.75, 3.05) is 25.5 Å². The molecule has 0 aliphatic carbocycles. The Balaban J connectivity index is 1.82. The summed E-state index contributed by atoms with van der Waals surface area (Å²) in [4.78, 5) is 15.2. The number of nitrogens with one attached hydrogen (secondary N) is 1. The number of aliphatic hydroxyl groups excluding tert-OH is 1. The van der Waals surface area contributed by atoms with Crippen molar-refractivity contribution in [3.8, 4) is 5.75 Å². The van der Waals surface area contributed by atoms with Gasteiger partial charge in [0.05, 0.1) is 18.2 Å². The molecule has 0 spiro atoms. The summed E-state index contributed by atoms with van der Waals surface area (Å²) in [5.74, 6) is 0.447. The number of hydrogen-bond donors (Lipinski definition) is 2. The molecule has 0 radical (unpaired) electrons. The van der Waals surface area contributed by atoms with E-state index in [1.54, 1.807) is 25.3 Å². The first-order chi connectivity index (χ1) is 12.6. The van der Waals surface area contributed by atoms with Gasteiger partial charge in [-0.25, -0.2) is 0 Å². The maximum absolute atomic E-state index is 13.1. The molecule has 1 atom stereocenters. The third-order valence-electron chi connectivity index (χ3n) is 4.65. The Labute approximate surface area is 158 Å². The van der Waals surface area contributed by atoms with Crippen molar-refractivity contribution in [2.45, 2.75) is 25.0 Å². The highest BCUT2D eigenvalue weighted by Gasteiger charge is 2.30. The molecule has 138 valence electrons. The van der Waals surface area contributed by atoms with E-state index in [1.807, 2.05) is 30.3 Å². The minimum atomic E-state index is -0.412. The van der Waals surface area contributed by atoms with E-state index in [4.69, 9.17) is 16.3 Å². The zero-order valence-corrected chi connectivity index (χ0v) is 15.4. The van der Waals surface area contributed by atoms with Gasteiger partial charge in [0.25, 0.3) is 0 Å². The van der Waals surface area contributed by atoms with E-state index in [0.29, 0.717) is 42.4 Å². The van der Waals surface area contributed by atoms with Gasteiger partial charge < -0.3 is 15.2 Å². The van der Waals surface area contributed by atoms with Gasteiger partial charge in [-0.15, -0.1) is 0 Å². The van der Waals surface area contributed by atoms with E-state index in [2.05, 4.69) is 10.2 Å². The van der Waals surface area contributed by atoms with Crippen LogP contribution >= 0.6 is 11.6 Å². The van der Waals surface area contributed by atoms with Crippen molar-refractivity contribution in [1.29, 1.82) is 0 Å². The van der Waals surface area contributed by atoms with Gasteiger partial charge >= 0.3 is 0 Å². The second-order valence-electron chi connectivity index (χ2n) is 6.42. The Morgan fingerprint density at radius 1 is 1.23 bits per heavy atom. The number of nitrogens with zero attached hydrogens (tertiary/aromatic N) is 1. The standard InChI is InChI=1S/C20H23ClN2O3/c1-26-18-8-7-15(13-17(18)21)22-20(25)19(14-5-3-2-4-6-14)23-11-9-16(24)10-12-23/h2-8,13,16,19,24H,9-12H2,1H3,(H,22,25)/t19-/m1/s1. The molecule has 1 amide bonds. The number of aliphatic hydroxyl groups is 1. The quantitative estimate of drug-likeness (QED) is 0.841. The summed E-state index contributed by atoms with van der Waals surface area (Å²) in [7, 11) is 1.55. The molecule has 2 aromatic carbocycles. The Morgan fingerprint density at radius 2 is 1.92 bits per heavy atom. The van der Waals surface area contributed by atoms with Crippen molar-refractivity contribution < 1.29 is 14.6 Å². The lowest BCUT2D eigenvalue weighted by molar-refractivity contribution is -0.122. The third-order valence-corrected chi connectivity index (χ3v) is 4.94. The zero-order valence-electron chi connectivity index (χ0n) is 14.7. The lowest BCUT2D eigenvalue weighted by Crippen LogP contribution is -2.43. The van der Waals surface area contributed by atoms with Crippen LogP contribution in [0.4, 0.5) is 5.69 Å². The summed E-state index contributed by atoms with van der Waals surface area (Å²) in [5.41, 5.74) is 1.56. The van der Waals surface area contributed by atoms with Crippen LogP contribution in [0.3, 0.4) is 0 Å². The van der Waals surface area contributed by atoms with Crippen LogP contribution in [0.15, 0.2) is 48.5 Å². The summed E-state index contributed by atoms with van der Waals surface area (Å²) in [5, 5.41) is 13.2. The number of benzene rings is 2. The van der Waals surface area contributed by atoms with Crippen molar-refractivity contribution >= 4 is 23.2 Å². The number of carbonyl (C=O) groups excluding carboxylic acids is 1. The Hall–Kier alpha value is -2.08.